The van der Waals surface area contributed by atoms with E-state index >= 15 is 0 Å². The van der Waals surface area contributed by atoms with E-state index in [2.05, 4.69) is 4.72 Å². The van der Waals surface area contributed by atoms with Crippen molar-refractivity contribution in [2.24, 2.45) is 5.73 Å². The van der Waals surface area contributed by atoms with E-state index in [4.69, 9.17) is 5.73 Å². The number of imide groups is 1. The SMILES string of the molecule is NCCNS(=O)(=O)CCCN1C(=O)c2ccccc2C1=O. The molecule has 0 bridgehead atoms. The molecule has 114 valence electrons. The molecule has 0 aromatic heterocycles. The Morgan fingerprint density at radius 3 is 2.19 bits per heavy atom. The van der Waals surface area contributed by atoms with E-state index in [9.17, 15) is 18.0 Å². The van der Waals surface area contributed by atoms with E-state index in [0.29, 0.717) is 11.1 Å². The predicted molar refractivity (Wildman–Crippen MR) is 77.3 cm³/mol. The average Bonchev–Trinajstić information content (AvgIpc) is 2.71. The molecule has 2 rings (SSSR count). The van der Waals surface area contributed by atoms with Crippen LogP contribution in [0.15, 0.2) is 24.3 Å². The van der Waals surface area contributed by atoms with Gasteiger partial charge in [0.05, 0.1) is 16.9 Å². The van der Waals surface area contributed by atoms with Crippen molar-refractivity contribution in [1.29, 1.82) is 0 Å². The van der Waals surface area contributed by atoms with Crippen molar-refractivity contribution in [3.05, 3.63) is 35.4 Å². The van der Waals surface area contributed by atoms with Crippen LogP contribution in [0, 0.1) is 0 Å². The van der Waals surface area contributed by atoms with Gasteiger partial charge in [-0.15, -0.1) is 0 Å². The van der Waals surface area contributed by atoms with Crippen LogP contribution < -0.4 is 10.5 Å². The number of carbonyl (C=O) groups excluding carboxylic acids is 2. The first-order valence-electron chi connectivity index (χ1n) is 6.59. The molecule has 0 unspecified atom stereocenters. The van der Waals surface area contributed by atoms with Crippen LogP contribution in [-0.2, 0) is 10.0 Å². The Hall–Kier alpha value is -1.77. The number of rotatable bonds is 7. The first-order valence-corrected chi connectivity index (χ1v) is 8.24. The number of benzene rings is 1. The van der Waals surface area contributed by atoms with Crippen LogP contribution >= 0.6 is 0 Å². The molecule has 0 radical (unpaired) electrons. The molecule has 0 saturated heterocycles. The highest BCUT2D eigenvalue weighted by Gasteiger charge is 2.34. The van der Waals surface area contributed by atoms with E-state index < -0.39 is 10.0 Å². The monoisotopic (exact) mass is 311 g/mol. The number of sulfonamides is 1. The van der Waals surface area contributed by atoms with Gasteiger partial charge in [-0.3, -0.25) is 14.5 Å². The summed E-state index contributed by atoms with van der Waals surface area (Å²) >= 11 is 0. The lowest BCUT2D eigenvalue weighted by Crippen LogP contribution is -2.34. The molecule has 0 spiro atoms. The van der Waals surface area contributed by atoms with Crippen LogP contribution in [0.3, 0.4) is 0 Å². The molecule has 1 aliphatic rings. The Kier molecular flexibility index (Phi) is 4.71. The maximum Gasteiger partial charge on any atom is 0.261 e. The van der Waals surface area contributed by atoms with Gasteiger partial charge in [0.1, 0.15) is 0 Å². The molecule has 1 aromatic rings. The first-order chi connectivity index (χ1) is 9.96. The molecular weight excluding hydrogens is 294 g/mol. The van der Waals surface area contributed by atoms with Crippen molar-refractivity contribution in [2.75, 3.05) is 25.4 Å². The highest BCUT2D eigenvalue weighted by atomic mass is 32.2. The van der Waals surface area contributed by atoms with Crippen LogP contribution in [0.1, 0.15) is 27.1 Å². The Labute approximate surface area is 123 Å². The molecule has 7 nitrogen and oxygen atoms in total. The van der Waals surface area contributed by atoms with Gasteiger partial charge in [0.2, 0.25) is 10.0 Å². The second kappa shape index (κ2) is 6.33. The zero-order valence-corrected chi connectivity index (χ0v) is 12.2. The Bertz CT molecular complexity index is 622. The summed E-state index contributed by atoms with van der Waals surface area (Å²) in [6.45, 7) is 0.475. The third kappa shape index (κ3) is 3.46. The molecule has 0 saturated carbocycles. The van der Waals surface area contributed by atoms with Crippen molar-refractivity contribution in [2.45, 2.75) is 6.42 Å². The zero-order chi connectivity index (χ0) is 15.5. The maximum absolute atomic E-state index is 12.1. The maximum atomic E-state index is 12.1. The van der Waals surface area contributed by atoms with Gasteiger partial charge in [-0.1, -0.05) is 12.1 Å². The summed E-state index contributed by atoms with van der Waals surface area (Å²) in [4.78, 5) is 25.2. The summed E-state index contributed by atoms with van der Waals surface area (Å²) in [7, 11) is -3.42. The third-order valence-corrected chi connectivity index (χ3v) is 4.61. The van der Waals surface area contributed by atoms with Crippen LogP contribution in [0.5, 0.6) is 0 Å². The van der Waals surface area contributed by atoms with Crippen molar-refractivity contribution in [1.82, 2.24) is 9.62 Å². The van der Waals surface area contributed by atoms with E-state index in [1.807, 2.05) is 0 Å². The Morgan fingerprint density at radius 1 is 1.10 bits per heavy atom. The van der Waals surface area contributed by atoms with E-state index in [-0.39, 0.29) is 43.6 Å². The normalized spacial score (nSPS) is 14.6. The smallest absolute Gasteiger partial charge is 0.261 e. The van der Waals surface area contributed by atoms with Crippen molar-refractivity contribution < 1.29 is 18.0 Å². The number of amides is 2. The summed E-state index contributed by atoms with van der Waals surface area (Å²) in [5.41, 5.74) is 5.96. The lowest BCUT2D eigenvalue weighted by atomic mass is 10.1. The predicted octanol–water partition coefficient (Wildman–Crippen LogP) is -0.449. The number of nitrogens with one attached hydrogen (secondary N) is 1. The van der Waals surface area contributed by atoms with Gasteiger partial charge >= 0.3 is 0 Å². The minimum atomic E-state index is -3.42. The van der Waals surface area contributed by atoms with Gasteiger partial charge in [0.15, 0.2) is 0 Å². The van der Waals surface area contributed by atoms with Gasteiger partial charge in [-0.05, 0) is 18.6 Å². The number of carbonyl (C=O) groups is 2. The van der Waals surface area contributed by atoms with Crippen molar-refractivity contribution in [3.63, 3.8) is 0 Å². The van der Waals surface area contributed by atoms with Gasteiger partial charge < -0.3 is 5.73 Å². The number of nitrogens with zero attached hydrogens (tertiary/aromatic N) is 1. The summed E-state index contributed by atoms with van der Waals surface area (Å²) in [6, 6.07) is 6.56. The second-order valence-electron chi connectivity index (χ2n) is 4.66. The lowest BCUT2D eigenvalue weighted by Gasteiger charge is -2.13. The zero-order valence-electron chi connectivity index (χ0n) is 11.4. The highest BCUT2D eigenvalue weighted by molar-refractivity contribution is 7.89. The van der Waals surface area contributed by atoms with E-state index in [1.165, 1.54) is 0 Å². The number of hydrogen-bond donors (Lipinski definition) is 2. The lowest BCUT2D eigenvalue weighted by molar-refractivity contribution is 0.0654. The van der Waals surface area contributed by atoms with Crippen LogP contribution in [0.25, 0.3) is 0 Å². The fourth-order valence-corrected chi connectivity index (χ4v) is 3.22. The number of hydrogen-bond acceptors (Lipinski definition) is 5. The molecule has 1 aliphatic heterocycles. The molecule has 3 N–H and O–H groups in total. The average molecular weight is 311 g/mol. The van der Waals surface area contributed by atoms with Gasteiger partial charge in [0, 0.05) is 19.6 Å². The fourth-order valence-electron chi connectivity index (χ4n) is 2.14. The Morgan fingerprint density at radius 2 is 1.67 bits per heavy atom. The van der Waals surface area contributed by atoms with Gasteiger partial charge in [0.25, 0.3) is 11.8 Å². The minimum Gasteiger partial charge on any atom is -0.329 e. The molecule has 1 aromatic carbocycles. The number of nitrogens with two attached hydrogens (primary N) is 1. The molecular formula is C13H17N3O4S. The van der Waals surface area contributed by atoms with Gasteiger partial charge in [-0.25, -0.2) is 13.1 Å². The third-order valence-electron chi connectivity index (χ3n) is 3.14. The van der Waals surface area contributed by atoms with E-state index in [1.54, 1.807) is 24.3 Å². The van der Waals surface area contributed by atoms with Gasteiger partial charge in [-0.2, -0.15) is 0 Å². The topological polar surface area (TPSA) is 110 Å². The standard InChI is InChI=1S/C13H17N3O4S/c14-6-7-15-21(19,20)9-3-8-16-12(17)10-4-1-2-5-11(10)13(16)18/h1-2,4-5,15H,3,6-9,14H2. The summed E-state index contributed by atoms with van der Waals surface area (Å²) in [5.74, 6) is -0.897. The first kappa shape index (κ1) is 15.6. The molecule has 0 atom stereocenters. The van der Waals surface area contributed by atoms with Crippen molar-refractivity contribution >= 4 is 21.8 Å². The minimum absolute atomic E-state index is 0.0792. The Balaban J connectivity index is 1.94. The van der Waals surface area contributed by atoms with Crippen LogP contribution in [0.4, 0.5) is 0 Å². The molecule has 8 heteroatoms. The largest absolute Gasteiger partial charge is 0.329 e. The molecule has 21 heavy (non-hydrogen) atoms. The summed E-state index contributed by atoms with van der Waals surface area (Å²) in [5, 5.41) is 0. The summed E-state index contributed by atoms with van der Waals surface area (Å²) < 4.78 is 25.5. The molecule has 0 aliphatic carbocycles. The van der Waals surface area contributed by atoms with Crippen LogP contribution in [-0.4, -0.2) is 50.5 Å². The quantitative estimate of drug-likeness (QED) is 0.663. The highest BCUT2D eigenvalue weighted by Crippen LogP contribution is 2.22. The number of fused-ring (bicyclic) bond motifs is 1. The van der Waals surface area contributed by atoms with Crippen LogP contribution in [0.2, 0.25) is 0 Å². The molecule has 1 heterocycles. The summed E-state index contributed by atoms with van der Waals surface area (Å²) in [6.07, 6.45) is 0.186. The fraction of sp³-hybridized carbons (Fsp3) is 0.385. The second-order valence-corrected chi connectivity index (χ2v) is 6.59. The van der Waals surface area contributed by atoms with Crippen molar-refractivity contribution in [3.8, 4) is 0 Å². The van der Waals surface area contributed by atoms with E-state index in [0.717, 1.165) is 4.90 Å². The molecule has 0 fully saturated rings. The molecule has 2 amide bonds.